The van der Waals surface area contributed by atoms with Gasteiger partial charge in [-0.15, -0.1) is 0 Å². The van der Waals surface area contributed by atoms with Crippen molar-refractivity contribution >= 4 is 43.7 Å². The lowest BCUT2D eigenvalue weighted by Crippen LogP contribution is -2.00. The van der Waals surface area contributed by atoms with E-state index in [9.17, 15) is 0 Å². The molecule has 0 fully saturated rings. The zero-order valence-corrected chi connectivity index (χ0v) is 47.6. The molecule has 0 amide bonds. The highest BCUT2D eigenvalue weighted by atomic mass is 16.3. The van der Waals surface area contributed by atoms with Gasteiger partial charge in [-0.25, -0.2) is 15.0 Å². The van der Waals surface area contributed by atoms with Gasteiger partial charge < -0.3 is 8.98 Å². The molecule has 3 aromatic heterocycles. The van der Waals surface area contributed by atoms with E-state index >= 15 is 0 Å². The van der Waals surface area contributed by atoms with Gasteiger partial charge in [-0.2, -0.15) is 0 Å². The number of fused-ring (bicyclic) bond motifs is 6. The number of hydrogen-bond acceptors (Lipinski definition) is 4. The van der Waals surface area contributed by atoms with Gasteiger partial charge in [0.25, 0.3) is 0 Å². The molecule has 0 unspecified atom stereocenters. The van der Waals surface area contributed by atoms with Crippen LogP contribution in [0.15, 0.2) is 308 Å². The molecule has 0 aliphatic carbocycles. The summed E-state index contributed by atoms with van der Waals surface area (Å²) in [6.45, 7) is 8.47. The largest absolute Gasteiger partial charge is 0.455 e. The Morgan fingerprint density at radius 1 is 0.262 bits per heavy atom. The fourth-order valence-electron chi connectivity index (χ4n) is 10.7. The summed E-state index contributed by atoms with van der Waals surface area (Å²) < 4.78 is 8.41. The van der Waals surface area contributed by atoms with Gasteiger partial charge in [0.1, 0.15) is 11.2 Å². The first-order valence-corrected chi connectivity index (χ1v) is 28.5. The number of aryl methyl sites for hydroxylation is 4. The lowest BCUT2D eigenvalue weighted by Gasteiger charge is -2.08. The van der Waals surface area contributed by atoms with Crippen molar-refractivity contribution in [2.45, 2.75) is 27.7 Å². The fraction of sp³-hybridized carbons (Fsp3) is 0.0506. The zero-order valence-electron chi connectivity index (χ0n) is 47.6. The number of rotatable bonds is 7. The second-order valence-corrected chi connectivity index (χ2v) is 21.1. The van der Waals surface area contributed by atoms with E-state index in [1.54, 1.807) is 0 Å². The Balaban J connectivity index is 0.000000111. The van der Waals surface area contributed by atoms with Crippen LogP contribution in [0.2, 0.25) is 0 Å². The topological polar surface area (TPSA) is 56.7 Å². The molecule has 5 heteroatoms. The number of nitrogens with zero attached hydrogens (tertiary/aromatic N) is 4. The average Bonchev–Trinajstić information content (AvgIpc) is 3.38. The van der Waals surface area contributed by atoms with Gasteiger partial charge in [0, 0.05) is 49.5 Å². The summed E-state index contributed by atoms with van der Waals surface area (Å²) in [6, 6.07) is 105. The second-order valence-electron chi connectivity index (χ2n) is 21.1. The van der Waals surface area contributed by atoms with E-state index in [4.69, 9.17) is 19.4 Å². The predicted molar refractivity (Wildman–Crippen MR) is 352 cm³/mol. The fourth-order valence-corrected chi connectivity index (χ4v) is 10.7. The molecule has 0 saturated heterocycles. The van der Waals surface area contributed by atoms with E-state index < -0.39 is 0 Å². The van der Waals surface area contributed by atoms with Gasteiger partial charge in [-0.05, 0) is 110 Å². The molecule has 0 aliphatic rings. The lowest BCUT2D eigenvalue weighted by molar-refractivity contribution is 0.670. The summed E-state index contributed by atoms with van der Waals surface area (Å²) in [4.78, 5) is 14.1. The third kappa shape index (κ3) is 12.1. The van der Waals surface area contributed by atoms with Crippen molar-refractivity contribution in [2.24, 2.45) is 0 Å². The van der Waals surface area contributed by atoms with Crippen LogP contribution in [0.1, 0.15) is 22.3 Å². The van der Waals surface area contributed by atoms with Gasteiger partial charge in [0.15, 0.2) is 17.5 Å². The van der Waals surface area contributed by atoms with Crippen molar-refractivity contribution in [2.75, 3.05) is 0 Å². The molecule has 0 spiro atoms. The molecule has 0 saturated carbocycles. The second kappa shape index (κ2) is 24.9. The molecular formula is C79H62N4O. The summed E-state index contributed by atoms with van der Waals surface area (Å²) >= 11 is 0. The van der Waals surface area contributed by atoms with Crippen molar-refractivity contribution in [3.8, 4) is 73.2 Å². The smallest absolute Gasteiger partial charge is 0.164 e. The number of para-hydroxylation sites is 4. The molecular weight excluding hydrogens is 1020 g/mol. The van der Waals surface area contributed by atoms with Gasteiger partial charge in [0.05, 0.1) is 11.0 Å². The normalized spacial score (nSPS) is 10.9. The molecule has 0 N–H and O–H groups in total. The lowest BCUT2D eigenvalue weighted by atomic mass is 9.97. The average molecular weight is 1080 g/mol. The molecule has 0 bridgehead atoms. The number of hydrogen-bond donors (Lipinski definition) is 0. The van der Waals surface area contributed by atoms with Gasteiger partial charge in [-0.1, -0.05) is 271 Å². The Morgan fingerprint density at radius 2 is 0.702 bits per heavy atom. The maximum atomic E-state index is 6.07. The molecule has 0 aliphatic heterocycles. The van der Waals surface area contributed by atoms with Crippen molar-refractivity contribution in [1.82, 2.24) is 19.5 Å². The van der Waals surface area contributed by atoms with Crippen LogP contribution in [0, 0.1) is 27.7 Å². The summed E-state index contributed by atoms with van der Waals surface area (Å²) in [5.41, 5.74) is 21.1. The molecule has 84 heavy (non-hydrogen) atoms. The molecule has 3 heterocycles. The van der Waals surface area contributed by atoms with Crippen LogP contribution in [0.4, 0.5) is 0 Å². The van der Waals surface area contributed by atoms with E-state index in [2.05, 4.69) is 251 Å². The number of furan rings is 1. The van der Waals surface area contributed by atoms with Crippen LogP contribution in [0.5, 0.6) is 0 Å². The predicted octanol–water partition coefficient (Wildman–Crippen LogP) is 21.2. The van der Waals surface area contributed by atoms with Gasteiger partial charge in [-0.3, -0.25) is 0 Å². The first-order chi connectivity index (χ1) is 41.3. The van der Waals surface area contributed by atoms with Crippen LogP contribution in [0.25, 0.3) is 117 Å². The van der Waals surface area contributed by atoms with E-state index in [1.807, 2.05) is 84.9 Å². The molecule has 0 atom stereocenters. The zero-order chi connectivity index (χ0) is 57.2. The van der Waals surface area contributed by atoms with Gasteiger partial charge >= 0.3 is 0 Å². The van der Waals surface area contributed by atoms with Crippen molar-refractivity contribution in [3.05, 3.63) is 326 Å². The Kier molecular flexibility index (Phi) is 16.0. The Hall–Kier alpha value is -10.8. The molecule has 12 aromatic carbocycles. The van der Waals surface area contributed by atoms with E-state index in [0.717, 1.165) is 33.4 Å². The van der Waals surface area contributed by atoms with Crippen LogP contribution in [-0.2, 0) is 0 Å². The minimum Gasteiger partial charge on any atom is -0.455 e. The van der Waals surface area contributed by atoms with Crippen LogP contribution < -0.4 is 0 Å². The first-order valence-electron chi connectivity index (χ1n) is 28.5. The maximum Gasteiger partial charge on any atom is 0.164 e. The Labute approximate surface area is 491 Å². The summed E-state index contributed by atoms with van der Waals surface area (Å²) in [5.74, 6) is 2.06. The highest BCUT2D eigenvalue weighted by molar-refractivity contribution is 6.10. The minimum atomic E-state index is 0.686. The van der Waals surface area contributed by atoms with E-state index in [0.29, 0.717) is 17.5 Å². The molecule has 0 radical (unpaired) electrons. The quantitative estimate of drug-likeness (QED) is 0.160. The van der Waals surface area contributed by atoms with E-state index in [1.165, 1.54) is 88.3 Å². The first kappa shape index (κ1) is 53.9. The molecule has 15 rings (SSSR count). The van der Waals surface area contributed by atoms with E-state index in [-0.39, 0.29) is 0 Å². The highest BCUT2D eigenvalue weighted by Gasteiger charge is 2.15. The third-order valence-corrected chi connectivity index (χ3v) is 14.9. The van der Waals surface area contributed by atoms with Crippen molar-refractivity contribution in [3.63, 3.8) is 0 Å². The monoisotopic (exact) mass is 1080 g/mol. The van der Waals surface area contributed by atoms with Crippen LogP contribution in [-0.4, -0.2) is 19.5 Å². The molecule has 15 aromatic rings. The summed E-state index contributed by atoms with van der Waals surface area (Å²) in [7, 11) is 0. The third-order valence-electron chi connectivity index (χ3n) is 14.9. The number of aromatic nitrogens is 4. The SMILES string of the molecule is Cc1cc(-c2ccccc2)cc(-c2ccccc2)c1.Cc1ccc(-c2cccc3c2oc2ccccc23)cc1.Cc1ccc2c(c1)c1ccccc1n2-c1ccccc1.Cc1cccc(-c2nc(-c3ccccc3)nc(-c3ccccc3)n2)c1. The standard InChI is InChI=1S/C22H17N3.C19H15N.C19H14O.C19H16/c1-16-9-8-14-19(15-16)22-24-20(17-10-4-2-5-11-17)23-21(25-22)18-12-6-3-7-13-18;1-14-11-12-19-17(13-14)16-9-5-6-10-18(16)20(19)15-7-3-2-4-8-15;1-13-9-11-14(12-10-13)15-6-4-7-17-16-5-2-3-8-18(16)20-19(15)17;1-15-12-18(16-8-4-2-5-9-16)14-19(13-15)17-10-6-3-7-11-17/h2-15H,1H3;2-13H,1H3;2-12H,1H3;2-14H,1H3. The summed E-state index contributed by atoms with van der Waals surface area (Å²) in [5, 5.41) is 5.00. The molecule has 5 nitrogen and oxygen atoms in total. The Bertz CT molecular complexity index is 4550. The Morgan fingerprint density at radius 3 is 1.30 bits per heavy atom. The van der Waals surface area contributed by atoms with Crippen LogP contribution >= 0.6 is 0 Å². The maximum absolute atomic E-state index is 6.07. The minimum absolute atomic E-state index is 0.686. The molecule has 404 valence electrons. The number of benzene rings is 12. The highest BCUT2D eigenvalue weighted by Crippen LogP contribution is 2.37. The van der Waals surface area contributed by atoms with Gasteiger partial charge in [0.2, 0.25) is 0 Å². The van der Waals surface area contributed by atoms with Crippen molar-refractivity contribution < 1.29 is 4.42 Å². The van der Waals surface area contributed by atoms with Crippen LogP contribution in [0.3, 0.4) is 0 Å². The summed E-state index contributed by atoms with van der Waals surface area (Å²) in [6.07, 6.45) is 0. The van der Waals surface area contributed by atoms with Crippen molar-refractivity contribution in [1.29, 1.82) is 0 Å².